The van der Waals surface area contributed by atoms with Gasteiger partial charge in [0.15, 0.2) is 0 Å². The van der Waals surface area contributed by atoms with Crippen LogP contribution in [0, 0.1) is 0 Å². The molecule has 1 unspecified atom stereocenters. The van der Waals surface area contributed by atoms with Crippen LogP contribution in [0.2, 0.25) is 0 Å². The maximum Gasteiger partial charge on any atom is 0.541 e. The van der Waals surface area contributed by atoms with Gasteiger partial charge in [-0.25, -0.2) is 4.79 Å². The molecule has 1 atom stereocenters. The van der Waals surface area contributed by atoms with E-state index in [1.165, 1.54) is 0 Å². The van der Waals surface area contributed by atoms with E-state index in [2.05, 4.69) is 6.92 Å². The highest BCUT2D eigenvalue weighted by atomic mass is 17.2. The molecule has 0 aromatic rings. The fourth-order valence-corrected chi connectivity index (χ4v) is 2.01. The number of unbranched alkanes of at least 4 members (excludes halogenated alkanes) is 2. The zero-order valence-corrected chi connectivity index (χ0v) is 12.3. The lowest BCUT2D eigenvalue weighted by Crippen LogP contribution is -2.28. The van der Waals surface area contributed by atoms with Gasteiger partial charge in [-0.15, -0.1) is 0 Å². The van der Waals surface area contributed by atoms with Crippen molar-refractivity contribution in [3.8, 4) is 0 Å². The molecule has 0 saturated carbocycles. The summed E-state index contributed by atoms with van der Waals surface area (Å²) in [5, 5.41) is 0. The molecule has 0 heterocycles. The molecular formula is C15H26O4. The Morgan fingerprint density at radius 2 is 2.16 bits per heavy atom. The summed E-state index contributed by atoms with van der Waals surface area (Å²) in [5.74, 6) is 0. The Morgan fingerprint density at radius 3 is 2.79 bits per heavy atom. The number of hydrogen-bond acceptors (Lipinski definition) is 4. The topological polar surface area (TPSA) is 44.8 Å². The second-order valence-corrected chi connectivity index (χ2v) is 5.65. The van der Waals surface area contributed by atoms with Gasteiger partial charge in [0.05, 0.1) is 0 Å². The van der Waals surface area contributed by atoms with Crippen LogP contribution in [-0.2, 0) is 14.5 Å². The van der Waals surface area contributed by atoms with E-state index >= 15 is 0 Å². The molecule has 0 aliphatic heterocycles. The molecule has 110 valence electrons. The highest BCUT2D eigenvalue weighted by Crippen LogP contribution is 2.20. The maximum absolute atomic E-state index is 11.5. The highest BCUT2D eigenvalue weighted by molar-refractivity contribution is 5.59. The van der Waals surface area contributed by atoms with Gasteiger partial charge in [0.1, 0.15) is 11.7 Å². The number of rotatable bonds is 7. The summed E-state index contributed by atoms with van der Waals surface area (Å²) in [6, 6.07) is 0. The minimum absolute atomic E-state index is 0.173. The largest absolute Gasteiger partial charge is 0.541 e. The zero-order valence-electron chi connectivity index (χ0n) is 12.3. The molecular weight excluding hydrogens is 244 g/mol. The molecule has 1 aliphatic rings. The van der Waals surface area contributed by atoms with Crippen molar-refractivity contribution in [2.24, 2.45) is 0 Å². The lowest BCUT2D eigenvalue weighted by molar-refractivity contribution is -0.320. The predicted octanol–water partition coefficient (Wildman–Crippen LogP) is 4.54. The first kappa shape index (κ1) is 16.0. The monoisotopic (exact) mass is 270 g/mol. The van der Waals surface area contributed by atoms with E-state index in [0.717, 1.165) is 44.9 Å². The Labute approximate surface area is 116 Å². The Morgan fingerprint density at radius 1 is 1.37 bits per heavy atom. The van der Waals surface area contributed by atoms with E-state index in [0.29, 0.717) is 0 Å². The second kappa shape index (κ2) is 8.20. The molecule has 0 saturated heterocycles. The first-order valence-electron chi connectivity index (χ1n) is 7.26. The summed E-state index contributed by atoms with van der Waals surface area (Å²) in [6.45, 7) is 5.98. The SMILES string of the molecule is CCCCCC(C)(C)OOC(=O)OC1C=CCCC1. The van der Waals surface area contributed by atoms with E-state index in [-0.39, 0.29) is 6.10 Å². The van der Waals surface area contributed by atoms with Crippen LogP contribution in [0.1, 0.15) is 65.7 Å². The Kier molecular flexibility index (Phi) is 6.92. The van der Waals surface area contributed by atoms with Crippen molar-refractivity contribution in [1.82, 2.24) is 0 Å². The third-order valence-corrected chi connectivity index (χ3v) is 3.18. The van der Waals surface area contributed by atoms with Gasteiger partial charge in [0.2, 0.25) is 0 Å². The molecule has 0 amide bonds. The van der Waals surface area contributed by atoms with Crippen molar-refractivity contribution in [1.29, 1.82) is 0 Å². The molecule has 0 fully saturated rings. The van der Waals surface area contributed by atoms with Gasteiger partial charge in [-0.1, -0.05) is 32.3 Å². The van der Waals surface area contributed by atoms with Crippen LogP contribution in [0.15, 0.2) is 12.2 Å². The average Bonchev–Trinajstić information content (AvgIpc) is 2.38. The zero-order chi connectivity index (χ0) is 14.1. The number of carbonyl (C=O) groups excluding carboxylic acids is 1. The van der Waals surface area contributed by atoms with Gasteiger partial charge in [-0.3, -0.25) is 4.89 Å². The molecule has 1 rings (SSSR count). The van der Waals surface area contributed by atoms with E-state index in [1.54, 1.807) is 0 Å². The summed E-state index contributed by atoms with van der Waals surface area (Å²) < 4.78 is 5.14. The molecule has 0 bridgehead atoms. The molecule has 0 aromatic heterocycles. The molecule has 1 aliphatic carbocycles. The predicted molar refractivity (Wildman–Crippen MR) is 73.7 cm³/mol. The molecule has 4 nitrogen and oxygen atoms in total. The standard InChI is InChI=1S/C15H26O4/c1-4-5-9-12-15(2,3)19-18-14(16)17-13-10-7-6-8-11-13/h7,10,13H,4-6,8-9,11-12H2,1-3H3. The van der Waals surface area contributed by atoms with Gasteiger partial charge < -0.3 is 4.74 Å². The average molecular weight is 270 g/mol. The Bertz CT molecular complexity index is 297. The van der Waals surface area contributed by atoms with Crippen LogP contribution in [0.5, 0.6) is 0 Å². The van der Waals surface area contributed by atoms with Gasteiger partial charge in [-0.2, -0.15) is 4.89 Å². The third kappa shape index (κ3) is 7.21. The normalized spacial score (nSPS) is 19.2. The molecule has 0 N–H and O–H groups in total. The summed E-state index contributed by atoms with van der Waals surface area (Å²) >= 11 is 0. The van der Waals surface area contributed by atoms with Crippen LogP contribution in [0.3, 0.4) is 0 Å². The number of hydrogen-bond donors (Lipinski definition) is 0. The fraction of sp³-hybridized carbons (Fsp3) is 0.800. The summed E-state index contributed by atoms with van der Waals surface area (Å²) in [7, 11) is 0. The van der Waals surface area contributed by atoms with Crippen LogP contribution in [0.4, 0.5) is 4.79 Å². The lowest BCUT2D eigenvalue weighted by Gasteiger charge is -2.23. The molecule has 0 spiro atoms. The van der Waals surface area contributed by atoms with Crippen LogP contribution in [0.25, 0.3) is 0 Å². The van der Waals surface area contributed by atoms with Crippen molar-refractivity contribution >= 4 is 6.16 Å². The van der Waals surface area contributed by atoms with Crippen LogP contribution in [-0.4, -0.2) is 17.9 Å². The van der Waals surface area contributed by atoms with Gasteiger partial charge >= 0.3 is 6.16 Å². The van der Waals surface area contributed by atoms with E-state index < -0.39 is 11.8 Å². The van der Waals surface area contributed by atoms with Crippen molar-refractivity contribution in [3.05, 3.63) is 12.2 Å². The van der Waals surface area contributed by atoms with Gasteiger partial charge in [0, 0.05) is 0 Å². The molecule has 0 radical (unpaired) electrons. The number of carbonyl (C=O) groups is 1. The van der Waals surface area contributed by atoms with Crippen LogP contribution >= 0.6 is 0 Å². The minimum Gasteiger partial charge on any atom is -0.425 e. The molecule has 19 heavy (non-hydrogen) atoms. The molecule has 0 aromatic carbocycles. The lowest BCUT2D eigenvalue weighted by atomic mass is 10.0. The summed E-state index contributed by atoms with van der Waals surface area (Å²) in [6.07, 6.45) is 10.2. The van der Waals surface area contributed by atoms with Gasteiger partial charge in [-0.05, 0) is 45.6 Å². The van der Waals surface area contributed by atoms with Crippen LogP contribution < -0.4 is 0 Å². The quantitative estimate of drug-likeness (QED) is 0.224. The smallest absolute Gasteiger partial charge is 0.425 e. The molecule has 4 heteroatoms. The number of ether oxygens (including phenoxy) is 1. The Hall–Kier alpha value is -1.03. The number of allylic oxidation sites excluding steroid dienone is 1. The van der Waals surface area contributed by atoms with Gasteiger partial charge in [0.25, 0.3) is 0 Å². The second-order valence-electron chi connectivity index (χ2n) is 5.65. The van der Waals surface area contributed by atoms with Crippen molar-refractivity contribution in [2.75, 3.05) is 0 Å². The summed E-state index contributed by atoms with van der Waals surface area (Å²) in [5.41, 5.74) is -0.462. The fourth-order valence-electron chi connectivity index (χ4n) is 2.01. The highest BCUT2D eigenvalue weighted by Gasteiger charge is 2.23. The first-order valence-corrected chi connectivity index (χ1v) is 7.26. The maximum atomic E-state index is 11.5. The van der Waals surface area contributed by atoms with Crippen molar-refractivity contribution in [3.63, 3.8) is 0 Å². The first-order chi connectivity index (χ1) is 9.03. The van der Waals surface area contributed by atoms with Crippen molar-refractivity contribution in [2.45, 2.75) is 77.4 Å². The summed E-state index contributed by atoms with van der Waals surface area (Å²) in [4.78, 5) is 21.4. The van der Waals surface area contributed by atoms with E-state index in [4.69, 9.17) is 14.5 Å². The van der Waals surface area contributed by atoms with E-state index in [9.17, 15) is 4.79 Å². The Balaban J connectivity index is 2.20. The minimum atomic E-state index is -0.750. The van der Waals surface area contributed by atoms with Crippen molar-refractivity contribution < 1.29 is 19.3 Å². The van der Waals surface area contributed by atoms with E-state index in [1.807, 2.05) is 26.0 Å². The third-order valence-electron chi connectivity index (χ3n) is 3.18.